The third-order valence-electron chi connectivity index (χ3n) is 5.57. The van der Waals surface area contributed by atoms with Gasteiger partial charge < -0.3 is 26.5 Å². The Morgan fingerprint density at radius 1 is 1.10 bits per heavy atom. The molecule has 0 spiro atoms. The molecule has 31 heavy (non-hydrogen) atoms. The van der Waals surface area contributed by atoms with Crippen molar-refractivity contribution in [2.45, 2.75) is 65.1 Å². The van der Waals surface area contributed by atoms with E-state index in [-0.39, 0.29) is 11.8 Å². The van der Waals surface area contributed by atoms with Crippen molar-refractivity contribution in [1.29, 1.82) is 0 Å². The van der Waals surface area contributed by atoms with Crippen LogP contribution < -0.4 is 16.4 Å². The van der Waals surface area contributed by atoms with E-state index in [0.29, 0.717) is 19.3 Å². The largest absolute Gasteiger partial charge is 0.480 e. The Morgan fingerprint density at radius 2 is 1.77 bits per heavy atom. The zero-order valence-corrected chi connectivity index (χ0v) is 18.6. The van der Waals surface area contributed by atoms with Crippen molar-refractivity contribution in [1.82, 2.24) is 15.6 Å². The highest BCUT2D eigenvalue weighted by Crippen LogP contribution is 2.19. The maximum atomic E-state index is 12.9. The first-order valence-electron chi connectivity index (χ1n) is 10.8. The van der Waals surface area contributed by atoms with E-state index in [2.05, 4.69) is 15.6 Å². The monoisotopic (exact) mass is 430 g/mol. The van der Waals surface area contributed by atoms with Gasteiger partial charge in [-0.3, -0.25) is 9.59 Å². The molecule has 0 bridgehead atoms. The van der Waals surface area contributed by atoms with Gasteiger partial charge in [0.2, 0.25) is 11.8 Å². The molecule has 0 aliphatic heterocycles. The molecule has 6 N–H and O–H groups in total. The Bertz CT molecular complexity index is 908. The van der Waals surface area contributed by atoms with Crippen LogP contribution in [0.2, 0.25) is 0 Å². The fraction of sp³-hybridized carbons (Fsp3) is 0.522. The molecule has 1 heterocycles. The summed E-state index contributed by atoms with van der Waals surface area (Å²) >= 11 is 0. The van der Waals surface area contributed by atoms with Gasteiger partial charge in [0.05, 0.1) is 6.04 Å². The Morgan fingerprint density at radius 3 is 2.39 bits per heavy atom. The van der Waals surface area contributed by atoms with Crippen molar-refractivity contribution >= 4 is 28.7 Å². The highest BCUT2D eigenvalue weighted by molar-refractivity contribution is 5.92. The van der Waals surface area contributed by atoms with Crippen LogP contribution in [0.4, 0.5) is 0 Å². The minimum Gasteiger partial charge on any atom is -0.480 e. The number of para-hydroxylation sites is 1. The number of carboxylic acid groups (broad SMARTS) is 1. The number of hydrogen-bond acceptors (Lipinski definition) is 4. The summed E-state index contributed by atoms with van der Waals surface area (Å²) in [5, 5.41) is 15.7. The average molecular weight is 431 g/mol. The number of carboxylic acids is 1. The Balaban J connectivity index is 2.09. The molecule has 0 saturated carbocycles. The molecule has 2 aromatic rings. The number of hydrogen-bond donors (Lipinski definition) is 5. The number of nitrogens with one attached hydrogen (secondary N) is 3. The van der Waals surface area contributed by atoms with Gasteiger partial charge in [0.1, 0.15) is 12.1 Å². The van der Waals surface area contributed by atoms with Crippen LogP contribution in [0.5, 0.6) is 0 Å². The number of nitrogens with two attached hydrogens (primary N) is 1. The van der Waals surface area contributed by atoms with Gasteiger partial charge in [-0.1, -0.05) is 52.3 Å². The number of H-pyrrole nitrogens is 1. The number of benzene rings is 1. The van der Waals surface area contributed by atoms with Crippen molar-refractivity contribution < 1.29 is 19.5 Å². The zero-order chi connectivity index (χ0) is 23.1. The van der Waals surface area contributed by atoms with Gasteiger partial charge in [-0.2, -0.15) is 0 Å². The predicted octanol–water partition coefficient (Wildman–Crippen LogP) is 2.18. The summed E-state index contributed by atoms with van der Waals surface area (Å²) in [4.78, 5) is 40.3. The molecule has 0 aliphatic rings. The maximum Gasteiger partial charge on any atom is 0.326 e. The van der Waals surface area contributed by atoms with E-state index in [9.17, 15) is 19.5 Å². The Labute approximate surface area is 183 Å². The van der Waals surface area contributed by atoms with Crippen molar-refractivity contribution in [2.75, 3.05) is 0 Å². The summed E-state index contributed by atoms with van der Waals surface area (Å²) < 4.78 is 0. The minimum atomic E-state index is -1.09. The molecule has 1 aromatic heterocycles. The molecular formula is C23H34N4O4. The number of fused-ring (bicyclic) bond motifs is 1. The van der Waals surface area contributed by atoms with E-state index in [1.54, 1.807) is 0 Å². The van der Waals surface area contributed by atoms with E-state index < -0.39 is 35.9 Å². The zero-order valence-electron chi connectivity index (χ0n) is 18.6. The molecule has 0 saturated heterocycles. The van der Waals surface area contributed by atoms with Gasteiger partial charge in [0.15, 0.2) is 0 Å². The van der Waals surface area contributed by atoms with Crippen LogP contribution in [-0.2, 0) is 20.8 Å². The van der Waals surface area contributed by atoms with Crippen molar-refractivity contribution in [3.05, 3.63) is 36.0 Å². The van der Waals surface area contributed by atoms with Gasteiger partial charge in [-0.15, -0.1) is 0 Å². The number of aromatic nitrogens is 1. The van der Waals surface area contributed by atoms with Crippen molar-refractivity contribution in [3.63, 3.8) is 0 Å². The lowest BCUT2D eigenvalue weighted by Crippen LogP contribution is -2.57. The molecule has 170 valence electrons. The fourth-order valence-corrected chi connectivity index (χ4v) is 3.55. The molecule has 8 nitrogen and oxygen atoms in total. The fourth-order valence-electron chi connectivity index (χ4n) is 3.55. The smallest absolute Gasteiger partial charge is 0.326 e. The third kappa shape index (κ3) is 6.55. The molecule has 1 aromatic carbocycles. The third-order valence-corrected chi connectivity index (χ3v) is 5.57. The Kier molecular flexibility index (Phi) is 8.62. The number of amides is 2. The summed E-state index contributed by atoms with van der Waals surface area (Å²) in [6, 6.07) is 5.05. The molecule has 0 aliphatic carbocycles. The predicted molar refractivity (Wildman–Crippen MR) is 120 cm³/mol. The number of carbonyl (C=O) groups is 3. The van der Waals surface area contributed by atoms with Gasteiger partial charge in [-0.05, 0) is 36.3 Å². The van der Waals surface area contributed by atoms with Crippen LogP contribution >= 0.6 is 0 Å². The second-order valence-corrected chi connectivity index (χ2v) is 8.57. The summed E-state index contributed by atoms with van der Waals surface area (Å²) in [5.41, 5.74) is 8.04. The van der Waals surface area contributed by atoms with E-state index in [4.69, 9.17) is 5.73 Å². The lowest BCUT2D eigenvalue weighted by atomic mass is 9.96. The van der Waals surface area contributed by atoms with Crippen LogP contribution in [-0.4, -0.2) is 46.0 Å². The summed E-state index contributed by atoms with van der Waals surface area (Å²) in [6.45, 7) is 7.53. The minimum absolute atomic E-state index is 0.0997. The normalized spacial score (nSPS) is 15.3. The van der Waals surface area contributed by atoms with Crippen LogP contribution in [0.3, 0.4) is 0 Å². The maximum absolute atomic E-state index is 12.9. The molecule has 8 heteroatoms. The highest BCUT2D eigenvalue weighted by atomic mass is 16.4. The van der Waals surface area contributed by atoms with Crippen LogP contribution in [0.1, 0.15) is 46.1 Å². The average Bonchev–Trinajstić information content (AvgIpc) is 3.13. The quantitative estimate of drug-likeness (QED) is 0.372. The van der Waals surface area contributed by atoms with Crippen LogP contribution in [0.15, 0.2) is 30.5 Å². The lowest BCUT2D eigenvalue weighted by molar-refractivity contribution is -0.143. The van der Waals surface area contributed by atoms with E-state index >= 15 is 0 Å². The number of rotatable bonds is 11. The first kappa shape index (κ1) is 24.4. The van der Waals surface area contributed by atoms with Crippen LogP contribution in [0, 0.1) is 11.8 Å². The molecule has 2 rings (SSSR count). The standard InChI is InChI=1S/C23H34N4O4/c1-5-14(4)20(22(29)26-19(23(30)31)10-13(2)3)27-21(28)17(24)11-15-12-25-18-9-7-6-8-16(15)18/h6-9,12-14,17,19-20,25H,5,10-11,24H2,1-4H3,(H,26,29)(H,27,28)(H,30,31)/t14-,17-,19-,20-/m0/s1. The van der Waals surface area contributed by atoms with Gasteiger partial charge in [0, 0.05) is 17.1 Å². The van der Waals surface area contributed by atoms with E-state index in [1.807, 2.05) is 58.2 Å². The molecule has 0 fully saturated rings. The topological polar surface area (TPSA) is 137 Å². The van der Waals surface area contributed by atoms with E-state index in [1.165, 1.54) is 0 Å². The Hall–Kier alpha value is -2.87. The number of aromatic amines is 1. The van der Waals surface area contributed by atoms with Crippen molar-refractivity contribution in [2.24, 2.45) is 17.6 Å². The lowest BCUT2D eigenvalue weighted by Gasteiger charge is -2.27. The van der Waals surface area contributed by atoms with Crippen molar-refractivity contribution in [3.8, 4) is 0 Å². The second-order valence-electron chi connectivity index (χ2n) is 8.57. The molecule has 0 radical (unpaired) electrons. The van der Waals surface area contributed by atoms with Crippen LogP contribution in [0.25, 0.3) is 10.9 Å². The number of carbonyl (C=O) groups excluding carboxylic acids is 2. The molecule has 4 atom stereocenters. The summed E-state index contributed by atoms with van der Waals surface area (Å²) in [5.74, 6) is -2.12. The van der Waals surface area contributed by atoms with Gasteiger partial charge in [-0.25, -0.2) is 4.79 Å². The van der Waals surface area contributed by atoms with Gasteiger partial charge >= 0.3 is 5.97 Å². The summed E-state index contributed by atoms with van der Waals surface area (Å²) in [6.07, 6.45) is 3.09. The number of aliphatic carboxylic acids is 1. The first-order chi connectivity index (χ1) is 14.6. The second kappa shape index (κ2) is 10.9. The first-order valence-corrected chi connectivity index (χ1v) is 10.8. The SMILES string of the molecule is CC[C@H](C)[C@H](NC(=O)[C@@H](N)Cc1c[nH]c2ccccc12)C(=O)N[C@@H](CC(C)C)C(=O)O. The summed E-state index contributed by atoms with van der Waals surface area (Å²) in [7, 11) is 0. The van der Waals surface area contributed by atoms with Gasteiger partial charge in [0.25, 0.3) is 0 Å². The molecule has 0 unspecified atom stereocenters. The highest BCUT2D eigenvalue weighted by Gasteiger charge is 2.31. The molecule has 2 amide bonds. The van der Waals surface area contributed by atoms with E-state index in [0.717, 1.165) is 16.5 Å². The molecular weight excluding hydrogens is 396 g/mol.